The smallest absolute Gasteiger partial charge is 0.293 e. The molecule has 2 heterocycles. The van der Waals surface area contributed by atoms with Crippen molar-refractivity contribution in [1.82, 2.24) is 14.5 Å². The zero-order valence-electron chi connectivity index (χ0n) is 16.4. The molecular formula is C20H25F3N4O2. The summed E-state index contributed by atoms with van der Waals surface area (Å²) in [4.78, 5) is 21.3. The predicted octanol–water partition coefficient (Wildman–Crippen LogP) is 2.66. The zero-order chi connectivity index (χ0) is 20.8. The third-order valence-electron chi connectivity index (χ3n) is 4.96. The Bertz CT molecular complexity index is 883. The maximum Gasteiger partial charge on any atom is 0.293 e. The van der Waals surface area contributed by atoms with E-state index in [1.807, 2.05) is 4.90 Å². The molecule has 0 saturated carbocycles. The minimum atomic E-state index is -1.28. The standard InChI is InChI=1S/C20H25F3N4O2/c1-2-3-5-25-7-9-26(10-8-25)19-20(28)27(6-4-24-19)11-12-29-18-14-16(22)15(21)13-17(18)23/h4,6,13-14H,2-3,5,7-12H2,1H3. The van der Waals surface area contributed by atoms with Gasteiger partial charge in [0.15, 0.2) is 29.0 Å². The number of anilines is 1. The van der Waals surface area contributed by atoms with Gasteiger partial charge in [-0.3, -0.25) is 9.69 Å². The molecule has 0 N–H and O–H groups in total. The summed E-state index contributed by atoms with van der Waals surface area (Å²) in [6, 6.07) is 1.09. The number of halogens is 3. The molecule has 0 bridgehead atoms. The van der Waals surface area contributed by atoms with Gasteiger partial charge >= 0.3 is 0 Å². The molecule has 0 atom stereocenters. The average molecular weight is 410 g/mol. The van der Waals surface area contributed by atoms with Gasteiger partial charge in [-0.1, -0.05) is 13.3 Å². The van der Waals surface area contributed by atoms with Crippen molar-refractivity contribution >= 4 is 5.82 Å². The number of hydrogen-bond acceptors (Lipinski definition) is 5. The Labute approximate surface area is 167 Å². The molecule has 1 aliphatic rings. The van der Waals surface area contributed by atoms with Gasteiger partial charge in [-0.2, -0.15) is 0 Å². The monoisotopic (exact) mass is 410 g/mol. The Balaban J connectivity index is 1.60. The normalized spacial score (nSPS) is 15.0. The summed E-state index contributed by atoms with van der Waals surface area (Å²) in [5, 5.41) is 0. The first-order valence-electron chi connectivity index (χ1n) is 9.79. The van der Waals surface area contributed by atoms with E-state index in [0.717, 1.165) is 45.6 Å². The molecule has 2 aromatic rings. The number of hydrogen-bond donors (Lipinski definition) is 0. The van der Waals surface area contributed by atoms with Crippen LogP contribution in [0.25, 0.3) is 0 Å². The summed E-state index contributed by atoms with van der Waals surface area (Å²) < 4.78 is 46.4. The maximum atomic E-state index is 13.6. The second-order valence-electron chi connectivity index (χ2n) is 6.98. The van der Waals surface area contributed by atoms with Crippen molar-refractivity contribution in [2.75, 3.05) is 44.2 Å². The SMILES string of the molecule is CCCCN1CCN(c2nccn(CCOc3cc(F)c(F)cc3F)c2=O)CC1. The fourth-order valence-electron chi connectivity index (χ4n) is 3.26. The molecule has 1 saturated heterocycles. The lowest BCUT2D eigenvalue weighted by molar-refractivity contribution is 0.253. The molecule has 6 nitrogen and oxygen atoms in total. The van der Waals surface area contributed by atoms with E-state index in [9.17, 15) is 18.0 Å². The average Bonchev–Trinajstić information content (AvgIpc) is 2.72. The highest BCUT2D eigenvalue weighted by Gasteiger charge is 2.20. The van der Waals surface area contributed by atoms with Gasteiger partial charge in [0.1, 0.15) is 6.61 Å². The minimum Gasteiger partial charge on any atom is -0.489 e. The Hall–Kier alpha value is -2.55. The Morgan fingerprint density at radius 1 is 1.03 bits per heavy atom. The Morgan fingerprint density at radius 3 is 2.48 bits per heavy atom. The number of rotatable bonds is 8. The van der Waals surface area contributed by atoms with Crippen LogP contribution in [-0.2, 0) is 6.54 Å². The predicted molar refractivity (Wildman–Crippen MR) is 104 cm³/mol. The van der Waals surface area contributed by atoms with Gasteiger partial charge in [-0.05, 0) is 13.0 Å². The van der Waals surface area contributed by atoms with Crippen molar-refractivity contribution in [1.29, 1.82) is 0 Å². The van der Waals surface area contributed by atoms with Crippen molar-refractivity contribution in [3.63, 3.8) is 0 Å². The molecule has 0 spiro atoms. The van der Waals surface area contributed by atoms with Crippen molar-refractivity contribution in [3.05, 3.63) is 52.3 Å². The van der Waals surface area contributed by atoms with Gasteiger partial charge in [0.2, 0.25) is 0 Å². The minimum absolute atomic E-state index is 0.0733. The molecule has 0 aliphatic carbocycles. The largest absolute Gasteiger partial charge is 0.489 e. The molecule has 1 fully saturated rings. The van der Waals surface area contributed by atoms with Crippen LogP contribution in [0.5, 0.6) is 5.75 Å². The van der Waals surface area contributed by atoms with Crippen LogP contribution in [0.4, 0.5) is 19.0 Å². The highest BCUT2D eigenvalue weighted by molar-refractivity contribution is 5.36. The molecule has 1 aliphatic heterocycles. The van der Waals surface area contributed by atoms with Crippen LogP contribution in [0.15, 0.2) is 29.3 Å². The van der Waals surface area contributed by atoms with E-state index in [-0.39, 0.29) is 18.7 Å². The van der Waals surface area contributed by atoms with Crippen LogP contribution in [0.2, 0.25) is 0 Å². The zero-order valence-corrected chi connectivity index (χ0v) is 16.4. The molecule has 0 radical (unpaired) electrons. The summed E-state index contributed by atoms with van der Waals surface area (Å²) in [5.41, 5.74) is -0.260. The summed E-state index contributed by atoms with van der Waals surface area (Å²) in [5.74, 6) is -3.48. The second kappa shape index (κ2) is 9.78. The number of ether oxygens (including phenoxy) is 1. The van der Waals surface area contributed by atoms with Gasteiger partial charge < -0.3 is 14.2 Å². The van der Waals surface area contributed by atoms with Gasteiger partial charge in [0.05, 0.1) is 6.54 Å². The number of aromatic nitrogens is 2. The molecule has 3 rings (SSSR count). The molecule has 9 heteroatoms. The van der Waals surface area contributed by atoms with Crippen LogP contribution < -0.4 is 15.2 Å². The number of piperazine rings is 1. The maximum absolute atomic E-state index is 13.6. The lowest BCUT2D eigenvalue weighted by Gasteiger charge is -2.35. The Kier molecular flexibility index (Phi) is 7.13. The van der Waals surface area contributed by atoms with E-state index in [2.05, 4.69) is 16.8 Å². The lowest BCUT2D eigenvalue weighted by Crippen LogP contribution is -2.48. The van der Waals surface area contributed by atoms with E-state index in [1.54, 1.807) is 6.20 Å². The van der Waals surface area contributed by atoms with Crippen LogP contribution in [0.3, 0.4) is 0 Å². The van der Waals surface area contributed by atoms with Crippen molar-refractivity contribution < 1.29 is 17.9 Å². The summed E-state index contributed by atoms with van der Waals surface area (Å²) in [7, 11) is 0. The molecule has 0 unspecified atom stereocenters. The number of nitrogens with zero attached hydrogens (tertiary/aromatic N) is 4. The van der Waals surface area contributed by atoms with Crippen LogP contribution in [-0.4, -0.2) is 53.8 Å². The fraction of sp³-hybridized carbons (Fsp3) is 0.500. The Morgan fingerprint density at radius 2 is 1.76 bits per heavy atom. The van der Waals surface area contributed by atoms with Gasteiger partial charge in [-0.15, -0.1) is 0 Å². The molecule has 1 aromatic heterocycles. The van der Waals surface area contributed by atoms with Crippen molar-refractivity contribution in [2.24, 2.45) is 0 Å². The summed E-state index contributed by atoms with van der Waals surface area (Å²) >= 11 is 0. The molecule has 0 amide bonds. The first-order chi connectivity index (χ1) is 14.0. The topological polar surface area (TPSA) is 50.6 Å². The van der Waals surface area contributed by atoms with Crippen molar-refractivity contribution in [3.8, 4) is 5.75 Å². The molecule has 1 aromatic carbocycles. The van der Waals surface area contributed by atoms with E-state index < -0.39 is 23.2 Å². The molecule has 29 heavy (non-hydrogen) atoms. The highest BCUT2D eigenvalue weighted by atomic mass is 19.2. The van der Waals surface area contributed by atoms with Crippen LogP contribution in [0.1, 0.15) is 19.8 Å². The van der Waals surface area contributed by atoms with E-state index in [4.69, 9.17) is 4.74 Å². The van der Waals surface area contributed by atoms with Gasteiger partial charge in [0.25, 0.3) is 5.56 Å². The quantitative estimate of drug-likeness (QED) is 0.627. The number of unbranched alkanes of at least 4 members (excludes halogenated alkanes) is 1. The summed E-state index contributed by atoms with van der Waals surface area (Å²) in [6.07, 6.45) is 5.38. The lowest BCUT2D eigenvalue weighted by atomic mass is 10.2. The number of benzene rings is 1. The third kappa shape index (κ3) is 5.29. The van der Waals surface area contributed by atoms with Gasteiger partial charge in [0, 0.05) is 50.7 Å². The van der Waals surface area contributed by atoms with E-state index in [1.165, 1.54) is 10.8 Å². The summed E-state index contributed by atoms with van der Waals surface area (Å²) in [6.45, 7) is 6.51. The van der Waals surface area contributed by atoms with Gasteiger partial charge in [-0.25, -0.2) is 18.2 Å². The molecular weight excluding hydrogens is 385 g/mol. The van der Waals surface area contributed by atoms with E-state index in [0.29, 0.717) is 18.0 Å². The fourth-order valence-corrected chi connectivity index (χ4v) is 3.26. The highest BCUT2D eigenvalue weighted by Crippen LogP contribution is 2.20. The molecule has 158 valence electrons. The first-order valence-corrected chi connectivity index (χ1v) is 9.79. The van der Waals surface area contributed by atoms with E-state index >= 15 is 0 Å². The first kappa shape index (κ1) is 21.2. The van der Waals surface area contributed by atoms with Crippen molar-refractivity contribution in [2.45, 2.75) is 26.3 Å². The third-order valence-corrected chi connectivity index (χ3v) is 4.96. The van der Waals surface area contributed by atoms with Crippen LogP contribution >= 0.6 is 0 Å². The second-order valence-corrected chi connectivity index (χ2v) is 6.98. The van der Waals surface area contributed by atoms with Crippen LogP contribution in [0, 0.1) is 17.5 Å².